The number of carbonyl (C=O) groups excluding carboxylic acids is 2. The largest absolute Gasteiger partial charge is 0.454 e. The number of carbonyl (C=O) groups is 2. The van der Waals surface area contributed by atoms with E-state index in [1.54, 1.807) is 12.2 Å². The maximum atomic E-state index is 13.4. The Balaban J connectivity index is 2.61. The molecular formula is C72H123NO10. The molecule has 0 aromatic heterocycles. The van der Waals surface area contributed by atoms with E-state index >= 15 is 0 Å². The first-order chi connectivity index (χ1) is 40.7. The lowest BCUT2D eigenvalue weighted by molar-refractivity contribution is -0.305. The highest BCUT2D eigenvalue weighted by molar-refractivity contribution is 5.81. The van der Waals surface area contributed by atoms with E-state index in [0.29, 0.717) is 12.8 Å². The molecule has 1 aliphatic rings. The van der Waals surface area contributed by atoms with E-state index < -0.39 is 67.4 Å². The van der Waals surface area contributed by atoms with Crippen LogP contribution in [0.2, 0.25) is 0 Å². The van der Waals surface area contributed by atoms with Crippen molar-refractivity contribution in [3.63, 3.8) is 0 Å². The molecule has 1 rings (SSSR count). The van der Waals surface area contributed by atoms with Gasteiger partial charge in [-0.05, 0) is 89.9 Å². The summed E-state index contributed by atoms with van der Waals surface area (Å²) in [6, 6.07) is -1.07. The summed E-state index contributed by atoms with van der Waals surface area (Å²) >= 11 is 0. The number of unbranched alkanes of at least 4 members (excludes halogenated alkanes) is 27. The molecule has 83 heavy (non-hydrogen) atoms. The Bertz CT molecular complexity index is 1770. The van der Waals surface area contributed by atoms with Crippen LogP contribution in [-0.4, -0.2) is 99.6 Å². The molecule has 1 aliphatic heterocycles. The number of hydrogen-bond donors (Lipinski definition) is 6. The summed E-state index contributed by atoms with van der Waals surface area (Å²) < 4.78 is 17.6. The van der Waals surface area contributed by atoms with Crippen LogP contribution in [0, 0.1) is 0 Å². The third kappa shape index (κ3) is 46.2. The number of hydrogen-bond acceptors (Lipinski definition) is 10. The van der Waals surface area contributed by atoms with Gasteiger partial charge in [-0.15, -0.1) is 0 Å². The van der Waals surface area contributed by atoms with Crippen LogP contribution in [0.25, 0.3) is 0 Å². The van der Waals surface area contributed by atoms with Crippen molar-refractivity contribution in [1.29, 1.82) is 0 Å². The summed E-state index contributed by atoms with van der Waals surface area (Å²) in [5, 5.41) is 56.9. The maximum Gasteiger partial charge on any atom is 0.306 e. The summed E-state index contributed by atoms with van der Waals surface area (Å²) in [4.78, 5) is 26.6. The number of ether oxygens (including phenoxy) is 3. The first-order valence-corrected chi connectivity index (χ1v) is 33.7. The molecule has 1 saturated heterocycles. The third-order valence-corrected chi connectivity index (χ3v) is 15.2. The molecule has 8 atom stereocenters. The highest BCUT2D eigenvalue weighted by Gasteiger charge is 2.47. The molecule has 0 bridgehead atoms. The summed E-state index contributed by atoms with van der Waals surface area (Å²) in [6.07, 6.45) is 70.1. The highest BCUT2D eigenvalue weighted by Crippen LogP contribution is 2.26. The van der Waals surface area contributed by atoms with Crippen LogP contribution < -0.4 is 5.32 Å². The van der Waals surface area contributed by atoms with Crippen LogP contribution in [0.15, 0.2) is 109 Å². The second-order valence-corrected chi connectivity index (χ2v) is 22.8. The Morgan fingerprint density at radius 1 is 0.482 bits per heavy atom. The molecule has 1 fully saturated rings. The maximum absolute atomic E-state index is 13.4. The van der Waals surface area contributed by atoms with Gasteiger partial charge in [0.15, 0.2) is 12.4 Å². The molecule has 0 aromatic carbocycles. The molecule has 0 radical (unpaired) electrons. The van der Waals surface area contributed by atoms with Gasteiger partial charge < -0.3 is 45.1 Å². The minimum absolute atomic E-state index is 0.0538. The zero-order chi connectivity index (χ0) is 60.3. The van der Waals surface area contributed by atoms with Gasteiger partial charge in [0.25, 0.3) is 0 Å². The zero-order valence-corrected chi connectivity index (χ0v) is 52.8. The predicted octanol–water partition coefficient (Wildman–Crippen LogP) is 16.8. The lowest BCUT2D eigenvalue weighted by Crippen LogP contribution is -2.61. The average molecular weight is 1160 g/mol. The van der Waals surface area contributed by atoms with Crippen LogP contribution in [0.3, 0.4) is 0 Å². The van der Waals surface area contributed by atoms with Gasteiger partial charge in [-0.3, -0.25) is 9.59 Å². The third-order valence-electron chi connectivity index (χ3n) is 15.2. The van der Waals surface area contributed by atoms with Gasteiger partial charge in [0.2, 0.25) is 5.91 Å². The minimum atomic E-state index is -1.63. The summed E-state index contributed by atoms with van der Waals surface area (Å²) in [6.45, 7) is 5.61. The summed E-state index contributed by atoms with van der Waals surface area (Å²) in [5.74, 6) is -1.29. The monoisotopic (exact) mass is 1160 g/mol. The van der Waals surface area contributed by atoms with E-state index in [9.17, 15) is 35.1 Å². The van der Waals surface area contributed by atoms with Gasteiger partial charge in [0.1, 0.15) is 24.4 Å². The van der Waals surface area contributed by atoms with Crippen LogP contribution in [-0.2, 0) is 23.8 Å². The van der Waals surface area contributed by atoms with Crippen LogP contribution in [0.5, 0.6) is 0 Å². The molecule has 476 valence electrons. The normalized spacial score (nSPS) is 19.3. The molecule has 11 nitrogen and oxygen atoms in total. The van der Waals surface area contributed by atoms with Crippen molar-refractivity contribution >= 4 is 11.9 Å². The smallest absolute Gasteiger partial charge is 0.306 e. The molecule has 11 heteroatoms. The lowest BCUT2D eigenvalue weighted by atomic mass is 9.99. The van der Waals surface area contributed by atoms with Gasteiger partial charge in [0, 0.05) is 12.8 Å². The second kappa shape index (κ2) is 58.7. The number of aliphatic hydroxyl groups is 5. The van der Waals surface area contributed by atoms with Crippen molar-refractivity contribution in [3.05, 3.63) is 109 Å². The standard InChI is InChI=1S/C72H123NO10/c1-4-7-10-13-16-19-22-24-26-28-30-31-32-33-34-35-36-38-40-42-45-48-51-54-57-60-67(77)83-70-69(79)68(78)66(61-74)82-72(70)81-62-63(64(75)58-55-52-49-46-43-21-18-15-12-9-6-3)73-71(80)65(76)59-56-53-50-47-44-41-39-37-29-27-25-23-20-17-14-11-8-5-2/h8,11,16-17,19-20,24-27,37,39,44,47,53,55-56,58,63-66,68-70,72,74-76,78-79H,4-7,9-10,12-15,18,21-23,28-36,38,40-43,45-46,48-52,54,57,59-62H2,1-3H3,(H,73,80)/b11-8-,19-16-,20-17-,26-24-,27-25-,39-37-,47-44-,56-53-,58-55+. The molecule has 1 heterocycles. The SMILES string of the molecule is CC/C=C\C/C=C\C/C=C\C/C=C\C/C=C\C/C=C\CC(O)C(=O)NC(COC1OC(CO)C(O)C(O)C1OC(=O)CCCCCCCCCCCCCCCCC/C=C\C/C=C\CCCCC)C(O)/C=C/CCCCCCCCCCC. The van der Waals surface area contributed by atoms with E-state index in [1.165, 1.54) is 141 Å². The van der Waals surface area contributed by atoms with Crippen molar-refractivity contribution in [2.24, 2.45) is 0 Å². The van der Waals surface area contributed by atoms with Crippen molar-refractivity contribution < 1.29 is 49.3 Å². The molecule has 0 saturated carbocycles. The van der Waals surface area contributed by atoms with Crippen molar-refractivity contribution in [2.45, 2.75) is 320 Å². The number of allylic oxidation sites excluding steroid dienone is 16. The van der Waals surface area contributed by atoms with Gasteiger partial charge >= 0.3 is 5.97 Å². The molecule has 6 N–H and O–H groups in total. The van der Waals surface area contributed by atoms with Crippen molar-refractivity contribution in [2.75, 3.05) is 13.2 Å². The summed E-state index contributed by atoms with van der Waals surface area (Å²) in [7, 11) is 0. The molecule has 1 amide bonds. The first kappa shape index (κ1) is 77.3. The van der Waals surface area contributed by atoms with E-state index in [-0.39, 0.29) is 19.4 Å². The first-order valence-electron chi connectivity index (χ1n) is 33.7. The van der Waals surface area contributed by atoms with Crippen LogP contribution in [0.4, 0.5) is 0 Å². The van der Waals surface area contributed by atoms with E-state index in [2.05, 4.69) is 105 Å². The van der Waals surface area contributed by atoms with Crippen LogP contribution in [0.1, 0.15) is 271 Å². The Kier molecular flexibility index (Phi) is 54.7. The molecule has 8 unspecified atom stereocenters. The Labute approximate surface area is 507 Å². The number of nitrogens with one attached hydrogen (secondary N) is 1. The molecular weight excluding hydrogens is 1040 g/mol. The van der Waals surface area contributed by atoms with Crippen LogP contribution >= 0.6 is 0 Å². The van der Waals surface area contributed by atoms with Crippen molar-refractivity contribution in [3.8, 4) is 0 Å². The van der Waals surface area contributed by atoms with E-state index in [0.717, 1.165) is 83.5 Å². The minimum Gasteiger partial charge on any atom is -0.454 e. The fourth-order valence-electron chi connectivity index (χ4n) is 9.87. The van der Waals surface area contributed by atoms with Gasteiger partial charge in [0.05, 0.1) is 25.4 Å². The fourth-order valence-corrected chi connectivity index (χ4v) is 9.87. The van der Waals surface area contributed by atoms with Gasteiger partial charge in [-0.1, -0.05) is 278 Å². The molecule has 0 spiro atoms. The van der Waals surface area contributed by atoms with Gasteiger partial charge in [-0.25, -0.2) is 0 Å². The Morgan fingerprint density at radius 3 is 1.33 bits per heavy atom. The average Bonchev–Trinajstić information content (AvgIpc) is 3.64. The quantitative estimate of drug-likeness (QED) is 0.0195. The van der Waals surface area contributed by atoms with E-state index in [4.69, 9.17) is 14.2 Å². The second-order valence-electron chi connectivity index (χ2n) is 22.8. The Morgan fingerprint density at radius 2 is 0.867 bits per heavy atom. The molecule has 0 aliphatic carbocycles. The lowest BCUT2D eigenvalue weighted by Gasteiger charge is -2.41. The van der Waals surface area contributed by atoms with Crippen molar-refractivity contribution in [1.82, 2.24) is 5.32 Å². The Hall–Kier alpha value is -3.68. The summed E-state index contributed by atoms with van der Waals surface area (Å²) in [5.41, 5.74) is 0. The van der Waals surface area contributed by atoms with E-state index in [1.807, 2.05) is 18.2 Å². The number of amides is 1. The zero-order valence-electron chi connectivity index (χ0n) is 52.8. The topological polar surface area (TPSA) is 175 Å². The number of rotatable bonds is 56. The number of aliphatic hydroxyl groups excluding tert-OH is 5. The molecule has 0 aromatic rings. The number of esters is 1. The van der Waals surface area contributed by atoms with Gasteiger partial charge in [-0.2, -0.15) is 0 Å². The fraction of sp³-hybridized carbons (Fsp3) is 0.722. The highest BCUT2D eigenvalue weighted by atomic mass is 16.7. The predicted molar refractivity (Wildman–Crippen MR) is 347 cm³/mol.